The lowest BCUT2D eigenvalue weighted by molar-refractivity contribution is -0.126. The fourth-order valence-corrected chi connectivity index (χ4v) is 3.13. The Balaban J connectivity index is 1.93. The number of carbonyl (C=O) groups excluding carboxylic acids is 1. The summed E-state index contributed by atoms with van der Waals surface area (Å²) in [6, 6.07) is 20.2. The van der Waals surface area contributed by atoms with E-state index in [4.69, 9.17) is 12.2 Å². The molecule has 1 N–H and O–H groups in total. The van der Waals surface area contributed by atoms with Gasteiger partial charge >= 0.3 is 0 Å². The molecule has 1 aliphatic rings. The van der Waals surface area contributed by atoms with Crippen molar-refractivity contribution in [2.75, 3.05) is 6.54 Å². The van der Waals surface area contributed by atoms with Crippen LogP contribution in [0.2, 0.25) is 0 Å². The average Bonchev–Trinajstić information content (AvgIpc) is 2.80. The molecule has 0 bridgehead atoms. The highest BCUT2D eigenvalue weighted by atomic mass is 32.1. The summed E-state index contributed by atoms with van der Waals surface area (Å²) >= 11 is 5.31. The molecule has 0 spiro atoms. The zero-order valence-corrected chi connectivity index (χ0v) is 13.2. The first-order valence-corrected chi connectivity index (χ1v) is 7.79. The standard InChI is InChI=1S/C18H18N2OS/c1-13-17(21)20(18(22)19-13)12-16(14-8-4-2-5-9-14)15-10-6-3-7-11-15/h2-11,13,16H,12H2,1H3,(H,19,22)/t13-/m1/s1. The van der Waals surface area contributed by atoms with Crippen LogP contribution in [0.4, 0.5) is 0 Å². The van der Waals surface area contributed by atoms with E-state index in [-0.39, 0.29) is 17.9 Å². The Morgan fingerprint density at radius 3 is 1.95 bits per heavy atom. The maximum atomic E-state index is 12.3. The van der Waals surface area contributed by atoms with Crippen LogP contribution in [0.1, 0.15) is 24.0 Å². The molecule has 112 valence electrons. The second-order valence-corrected chi connectivity index (χ2v) is 5.88. The minimum Gasteiger partial charge on any atom is -0.351 e. The Hall–Kier alpha value is -2.20. The van der Waals surface area contributed by atoms with Gasteiger partial charge in [-0.05, 0) is 30.3 Å². The highest BCUT2D eigenvalue weighted by molar-refractivity contribution is 7.80. The summed E-state index contributed by atoms with van der Waals surface area (Å²) in [4.78, 5) is 14.0. The van der Waals surface area contributed by atoms with Crippen molar-refractivity contribution in [2.45, 2.75) is 18.9 Å². The normalized spacial score (nSPS) is 17.9. The van der Waals surface area contributed by atoms with Crippen molar-refractivity contribution in [3.05, 3.63) is 71.8 Å². The molecule has 1 fully saturated rings. The van der Waals surface area contributed by atoms with Crippen molar-refractivity contribution in [3.8, 4) is 0 Å². The van der Waals surface area contributed by atoms with Crippen molar-refractivity contribution in [1.82, 2.24) is 10.2 Å². The van der Waals surface area contributed by atoms with Gasteiger partial charge in [0.15, 0.2) is 5.11 Å². The maximum Gasteiger partial charge on any atom is 0.251 e. The molecular formula is C18H18N2OS. The van der Waals surface area contributed by atoms with Gasteiger partial charge in [0.25, 0.3) is 5.91 Å². The van der Waals surface area contributed by atoms with E-state index < -0.39 is 0 Å². The van der Waals surface area contributed by atoms with Gasteiger partial charge in [-0.15, -0.1) is 0 Å². The van der Waals surface area contributed by atoms with Gasteiger partial charge in [-0.25, -0.2) is 0 Å². The monoisotopic (exact) mass is 310 g/mol. The number of hydrogen-bond acceptors (Lipinski definition) is 2. The third kappa shape index (κ3) is 2.88. The van der Waals surface area contributed by atoms with Gasteiger partial charge in [0.2, 0.25) is 0 Å². The summed E-state index contributed by atoms with van der Waals surface area (Å²) in [5.41, 5.74) is 2.37. The Bertz CT molecular complexity index is 633. The number of carbonyl (C=O) groups is 1. The van der Waals surface area contributed by atoms with Crippen LogP contribution in [-0.2, 0) is 4.79 Å². The SMILES string of the molecule is C[C@H]1NC(=S)N(CC(c2ccccc2)c2ccccc2)C1=O. The molecule has 1 heterocycles. The van der Waals surface area contributed by atoms with E-state index in [2.05, 4.69) is 29.6 Å². The first-order valence-electron chi connectivity index (χ1n) is 7.38. The Morgan fingerprint density at radius 1 is 1.05 bits per heavy atom. The summed E-state index contributed by atoms with van der Waals surface area (Å²) in [6.45, 7) is 2.40. The number of nitrogens with zero attached hydrogens (tertiary/aromatic N) is 1. The molecule has 0 unspecified atom stereocenters. The van der Waals surface area contributed by atoms with Crippen LogP contribution in [-0.4, -0.2) is 28.5 Å². The lowest BCUT2D eigenvalue weighted by Gasteiger charge is -2.24. The molecule has 1 amide bonds. The van der Waals surface area contributed by atoms with Crippen LogP contribution in [0.5, 0.6) is 0 Å². The Kier molecular flexibility index (Phi) is 4.20. The summed E-state index contributed by atoms with van der Waals surface area (Å²) in [5, 5.41) is 3.56. The molecule has 22 heavy (non-hydrogen) atoms. The molecule has 1 atom stereocenters. The number of thiocarbonyl (C=S) groups is 1. The number of nitrogens with one attached hydrogen (secondary N) is 1. The molecule has 2 aromatic carbocycles. The molecule has 0 saturated carbocycles. The molecule has 4 heteroatoms. The lowest BCUT2D eigenvalue weighted by atomic mass is 9.91. The zero-order valence-electron chi connectivity index (χ0n) is 12.4. The highest BCUT2D eigenvalue weighted by Crippen LogP contribution is 2.26. The summed E-state index contributed by atoms with van der Waals surface area (Å²) in [6.07, 6.45) is 0. The van der Waals surface area contributed by atoms with Gasteiger partial charge in [-0.2, -0.15) is 0 Å². The Morgan fingerprint density at radius 2 is 1.55 bits per heavy atom. The van der Waals surface area contributed by atoms with E-state index in [1.54, 1.807) is 4.90 Å². The number of benzene rings is 2. The van der Waals surface area contributed by atoms with Crippen LogP contribution < -0.4 is 5.32 Å². The molecule has 3 nitrogen and oxygen atoms in total. The van der Waals surface area contributed by atoms with E-state index in [1.165, 1.54) is 11.1 Å². The van der Waals surface area contributed by atoms with Gasteiger partial charge in [0.05, 0.1) is 0 Å². The van der Waals surface area contributed by atoms with Crippen molar-refractivity contribution >= 4 is 23.2 Å². The predicted octanol–water partition coefficient (Wildman–Crippen LogP) is 2.92. The summed E-state index contributed by atoms with van der Waals surface area (Å²) in [5.74, 6) is 0.151. The fourth-order valence-electron chi connectivity index (χ4n) is 2.79. The lowest BCUT2D eigenvalue weighted by Crippen LogP contribution is -2.35. The average molecular weight is 310 g/mol. The van der Waals surface area contributed by atoms with Gasteiger partial charge < -0.3 is 5.32 Å². The van der Waals surface area contributed by atoms with Gasteiger partial charge in [-0.3, -0.25) is 9.69 Å². The van der Waals surface area contributed by atoms with Crippen molar-refractivity contribution < 1.29 is 4.79 Å². The van der Waals surface area contributed by atoms with E-state index >= 15 is 0 Å². The first-order chi connectivity index (χ1) is 10.7. The molecule has 1 aliphatic heterocycles. The zero-order chi connectivity index (χ0) is 15.5. The van der Waals surface area contributed by atoms with E-state index in [9.17, 15) is 4.79 Å². The molecule has 2 aromatic rings. The van der Waals surface area contributed by atoms with Gasteiger partial charge in [-0.1, -0.05) is 60.7 Å². The predicted molar refractivity (Wildman–Crippen MR) is 91.6 cm³/mol. The van der Waals surface area contributed by atoms with Gasteiger partial charge in [0, 0.05) is 12.5 Å². The molecule has 0 aliphatic carbocycles. The quantitative estimate of drug-likeness (QED) is 0.881. The van der Waals surface area contributed by atoms with Crippen molar-refractivity contribution in [1.29, 1.82) is 0 Å². The third-order valence-corrected chi connectivity index (χ3v) is 4.33. The molecule has 1 saturated heterocycles. The van der Waals surface area contributed by atoms with Gasteiger partial charge in [0.1, 0.15) is 6.04 Å². The van der Waals surface area contributed by atoms with E-state index in [0.29, 0.717) is 11.7 Å². The minimum absolute atomic E-state index is 0.0434. The van der Waals surface area contributed by atoms with Crippen molar-refractivity contribution in [2.24, 2.45) is 0 Å². The fraction of sp³-hybridized carbons (Fsp3) is 0.222. The first kappa shape index (κ1) is 14.7. The second-order valence-electron chi connectivity index (χ2n) is 5.49. The van der Waals surface area contributed by atoms with Crippen LogP contribution in [0.15, 0.2) is 60.7 Å². The third-order valence-electron chi connectivity index (χ3n) is 3.99. The van der Waals surface area contributed by atoms with Crippen LogP contribution in [0.3, 0.4) is 0 Å². The van der Waals surface area contributed by atoms with Crippen molar-refractivity contribution in [3.63, 3.8) is 0 Å². The van der Waals surface area contributed by atoms with Crippen LogP contribution >= 0.6 is 12.2 Å². The summed E-state index contributed by atoms with van der Waals surface area (Å²) in [7, 11) is 0. The maximum absolute atomic E-state index is 12.3. The van der Waals surface area contributed by atoms with E-state index in [1.807, 2.05) is 43.3 Å². The molecule has 0 aromatic heterocycles. The summed E-state index contributed by atoms with van der Waals surface area (Å²) < 4.78 is 0. The minimum atomic E-state index is -0.236. The van der Waals surface area contributed by atoms with Crippen LogP contribution in [0, 0.1) is 0 Å². The van der Waals surface area contributed by atoms with Crippen LogP contribution in [0.25, 0.3) is 0 Å². The molecular weight excluding hydrogens is 292 g/mol. The number of amides is 1. The largest absolute Gasteiger partial charge is 0.351 e. The number of hydrogen-bond donors (Lipinski definition) is 1. The number of rotatable bonds is 4. The Labute approximate surface area is 136 Å². The molecule has 0 radical (unpaired) electrons. The topological polar surface area (TPSA) is 32.3 Å². The smallest absolute Gasteiger partial charge is 0.251 e. The van der Waals surface area contributed by atoms with E-state index in [0.717, 1.165) is 0 Å². The second kappa shape index (κ2) is 6.28. The molecule has 3 rings (SSSR count). The highest BCUT2D eigenvalue weighted by Gasteiger charge is 2.34.